The van der Waals surface area contributed by atoms with Crippen LogP contribution in [0.4, 0.5) is 0 Å². The van der Waals surface area contributed by atoms with Gasteiger partial charge in [-0.2, -0.15) is 11.8 Å². The molecule has 2 atom stereocenters. The van der Waals surface area contributed by atoms with Gasteiger partial charge in [-0.15, -0.1) is 0 Å². The van der Waals surface area contributed by atoms with Crippen molar-refractivity contribution in [3.8, 4) is 0 Å². The van der Waals surface area contributed by atoms with E-state index in [9.17, 15) is 14.4 Å². The molecular weight excluding hydrogens is 220 g/mol. The first-order chi connectivity index (χ1) is 6.97. The van der Waals surface area contributed by atoms with Gasteiger partial charge in [0.05, 0.1) is 6.04 Å². The summed E-state index contributed by atoms with van der Waals surface area (Å²) in [5, 5.41) is 11.0. The Bertz CT molecular complexity index is 247. The van der Waals surface area contributed by atoms with E-state index >= 15 is 0 Å². The molecule has 0 bridgehead atoms. The van der Waals surface area contributed by atoms with Crippen molar-refractivity contribution in [2.75, 3.05) is 11.5 Å². The topological polar surface area (TPSA) is 109 Å². The number of aliphatic carboxylic acids is 1. The minimum Gasteiger partial charge on any atom is -0.480 e. The average molecular weight is 234 g/mol. The summed E-state index contributed by atoms with van der Waals surface area (Å²) >= 11 is 1.21. The maximum absolute atomic E-state index is 10.7. The van der Waals surface area contributed by atoms with Crippen molar-refractivity contribution in [3.63, 3.8) is 0 Å². The fourth-order valence-electron chi connectivity index (χ4n) is 0.781. The van der Waals surface area contributed by atoms with Crippen LogP contribution in [0.1, 0.15) is 6.92 Å². The predicted octanol–water partition coefficient (Wildman–Crippen LogP) is -1.16. The third-order valence-corrected chi connectivity index (χ3v) is 2.63. The van der Waals surface area contributed by atoms with Crippen molar-refractivity contribution in [3.05, 3.63) is 0 Å². The number of carboxylic acid groups (broad SMARTS) is 1. The Morgan fingerprint density at radius 2 is 2.13 bits per heavy atom. The lowest BCUT2D eigenvalue weighted by Gasteiger charge is -2.13. The number of amides is 1. The van der Waals surface area contributed by atoms with E-state index in [2.05, 4.69) is 5.32 Å². The Morgan fingerprint density at radius 3 is 2.53 bits per heavy atom. The largest absolute Gasteiger partial charge is 0.480 e. The molecule has 0 aromatic rings. The standard InChI is InChI=1S/C8H14N2O4S/c1-5(12)10-7(8(13)14)4-15-3-6(9)2-11/h2,6-7H,3-4,9H2,1H3,(H,10,12)(H,13,14)/t6-,7?/m1/s1. The van der Waals surface area contributed by atoms with Gasteiger partial charge in [-0.05, 0) is 0 Å². The molecule has 0 fully saturated rings. The molecule has 0 rings (SSSR count). The highest BCUT2D eigenvalue weighted by molar-refractivity contribution is 7.99. The van der Waals surface area contributed by atoms with Crippen LogP contribution in [-0.4, -0.2) is 46.9 Å². The Labute approximate surface area is 91.6 Å². The summed E-state index contributed by atoms with van der Waals surface area (Å²) in [6.45, 7) is 1.25. The molecule has 0 heterocycles. The Morgan fingerprint density at radius 1 is 1.53 bits per heavy atom. The minimum absolute atomic E-state index is 0.191. The van der Waals surface area contributed by atoms with Crippen LogP contribution in [0.2, 0.25) is 0 Å². The highest BCUT2D eigenvalue weighted by atomic mass is 32.2. The summed E-state index contributed by atoms with van der Waals surface area (Å²) in [6, 6.07) is -1.53. The third-order valence-electron chi connectivity index (χ3n) is 1.45. The third kappa shape index (κ3) is 6.92. The molecule has 1 unspecified atom stereocenters. The van der Waals surface area contributed by atoms with Crippen LogP contribution in [0.15, 0.2) is 0 Å². The second-order valence-corrected chi connectivity index (χ2v) is 4.00. The monoisotopic (exact) mass is 234 g/mol. The summed E-state index contributed by atoms with van der Waals surface area (Å²) in [7, 11) is 0. The van der Waals surface area contributed by atoms with Crippen LogP contribution in [0.25, 0.3) is 0 Å². The fraction of sp³-hybridized carbons (Fsp3) is 0.625. The fourth-order valence-corrected chi connectivity index (χ4v) is 1.73. The van der Waals surface area contributed by atoms with E-state index in [0.29, 0.717) is 12.0 Å². The van der Waals surface area contributed by atoms with E-state index in [0.717, 1.165) is 0 Å². The molecule has 0 aromatic heterocycles. The molecule has 0 radical (unpaired) electrons. The van der Waals surface area contributed by atoms with E-state index < -0.39 is 24.0 Å². The number of rotatable bonds is 7. The van der Waals surface area contributed by atoms with E-state index in [1.807, 2.05) is 0 Å². The van der Waals surface area contributed by atoms with Crippen molar-refractivity contribution >= 4 is 29.9 Å². The minimum atomic E-state index is -1.10. The van der Waals surface area contributed by atoms with Gasteiger partial charge in [-0.3, -0.25) is 4.79 Å². The molecule has 7 heteroatoms. The molecule has 4 N–H and O–H groups in total. The van der Waals surface area contributed by atoms with Crippen LogP contribution in [0, 0.1) is 0 Å². The number of thioether (sulfide) groups is 1. The van der Waals surface area contributed by atoms with Crippen LogP contribution >= 0.6 is 11.8 Å². The number of nitrogens with two attached hydrogens (primary N) is 1. The zero-order valence-electron chi connectivity index (χ0n) is 8.30. The first kappa shape index (κ1) is 13.9. The van der Waals surface area contributed by atoms with Gasteiger partial charge in [0.1, 0.15) is 12.3 Å². The van der Waals surface area contributed by atoms with Gasteiger partial charge in [0.15, 0.2) is 0 Å². The maximum atomic E-state index is 10.7. The molecule has 0 spiro atoms. The first-order valence-corrected chi connectivity index (χ1v) is 5.41. The molecule has 86 valence electrons. The van der Waals surface area contributed by atoms with Gasteiger partial charge >= 0.3 is 5.97 Å². The van der Waals surface area contributed by atoms with Crippen molar-refractivity contribution in [2.45, 2.75) is 19.0 Å². The van der Waals surface area contributed by atoms with Crippen LogP contribution in [0.3, 0.4) is 0 Å². The lowest BCUT2D eigenvalue weighted by molar-refractivity contribution is -0.140. The summed E-state index contributed by atoms with van der Waals surface area (Å²) < 4.78 is 0. The van der Waals surface area contributed by atoms with E-state index in [1.54, 1.807) is 0 Å². The molecule has 1 amide bonds. The average Bonchev–Trinajstić information content (AvgIpc) is 2.15. The van der Waals surface area contributed by atoms with E-state index in [-0.39, 0.29) is 5.75 Å². The SMILES string of the molecule is CC(=O)NC(CSC[C@H](N)C=O)C(=O)O. The van der Waals surface area contributed by atoms with Gasteiger partial charge in [0.25, 0.3) is 0 Å². The van der Waals surface area contributed by atoms with E-state index in [1.165, 1.54) is 18.7 Å². The molecule has 0 saturated carbocycles. The number of aldehydes is 1. The lowest BCUT2D eigenvalue weighted by atomic mass is 10.3. The van der Waals surface area contributed by atoms with Gasteiger partial charge in [0.2, 0.25) is 5.91 Å². The summed E-state index contributed by atoms with van der Waals surface area (Å²) in [6.07, 6.45) is 0.598. The van der Waals surface area contributed by atoms with Gasteiger partial charge in [-0.1, -0.05) is 0 Å². The quantitative estimate of drug-likeness (QED) is 0.479. The zero-order chi connectivity index (χ0) is 11.8. The van der Waals surface area contributed by atoms with Crippen LogP contribution in [-0.2, 0) is 14.4 Å². The molecule has 0 aliphatic rings. The van der Waals surface area contributed by atoms with Crippen molar-refractivity contribution in [1.29, 1.82) is 0 Å². The van der Waals surface area contributed by atoms with Crippen molar-refractivity contribution in [1.82, 2.24) is 5.32 Å². The number of hydrogen-bond acceptors (Lipinski definition) is 5. The molecule has 0 saturated heterocycles. The number of hydrogen-bond donors (Lipinski definition) is 3. The van der Waals surface area contributed by atoms with Crippen LogP contribution in [0.5, 0.6) is 0 Å². The molecule has 6 nitrogen and oxygen atoms in total. The lowest BCUT2D eigenvalue weighted by Crippen LogP contribution is -2.41. The Balaban J connectivity index is 3.91. The molecule has 15 heavy (non-hydrogen) atoms. The predicted molar refractivity (Wildman–Crippen MR) is 56.6 cm³/mol. The summed E-state index contributed by atoms with van der Waals surface area (Å²) in [4.78, 5) is 31.5. The smallest absolute Gasteiger partial charge is 0.327 e. The molecule has 0 aliphatic heterocycles. The second-order valence-electron chi connectivity index (χ2n) is 2.93. The Kier molecular flexibility index (Phi) is 6.72. The highest BCUT2D eigenvalue weighted by Crippen LogP contribution is 2.04. The molecule has 0 aromatic carbocycles. The van der Waals surface area contributed by atoms with Crippen molar-refractivity contribution in [2.24, 2.45) is 5.73 Å². The number of nitrogens with one attached hydrogen (secondary N) is 1. The number of carbonyl (C=O) groups is 3. The van der Waals surface area contributed by atoms with Gasteiger partial charge < -0.3 is 21.0 Å². The van der Waals surface area contributed by atoms with Crippen LogP contribution < -0.4 is 11.1 Å². The molecular formula is C8H14N2O4S. The van der Waals surface area contributed by atoms with Gasteiger partial charge in [0, 0.05) is 18.4 Å². The maximum Gasteiger partial charge on any atom is 0.327 e. The van der Waals surface area contributed by atoms with Crippen molar-refractivity contribution < 1.29 is 19.5 Å². The highest BCUT2D eigenvalue weighted by Gasteiger charge is 2.18. The number of carbonyl (C=O) groups excluding carboxylic acids is 2. The van der Waals surface area contributed by atoms with Gasteiger partial charge in [-0.25, -0.2) is 4.79 Å². The Hall–Kier alpha value is -1.08. The second kappa shape index (κ2) is 7.24. The van der Waals surface area contributed by atoms with E-state index in [4.69, 9.17) is 10.8 Å². The molecule has 0 aliphatic carbocycles. The first-order valence-electron chi connectivity index (χ1n) is 4.26. The normalized spacial score (nSPS) is 14.0. The summed E-state index contributed by atoms with van der Waals surface area (Å²) in [5.41, 5.74) is 5.31. The summed E-state index contributed by atoms with van der Waals surface area (Å²) in [5.74, 6) is -0.969. The zero-order valence-corrected chi connectivity index (χ0v) is 9.12. The number of carboxylic acids is 1.